The van der Waals surface area contributed by atoms with E-state index in [9.17, 15) is 5.11 Å². The molecule has 0 saturated carbocycles. The molecule has 1 aliphatic heterocycles. The maximum absolute atomic E-state index is 9.24. The van der Waals surface area contributed by atoms with Crippen molar-refractivity contribution in [2.24, 2.45) is 0 Å². The summed E-state index contributed by atoms with van der Waals surface area (Å²) < 4.78 is 4.85. The van der Waals surface area contributed by atoms with E-state index in [0.717, 1.165) is 0 Å². The Hall–Kier alpha value is 0.320. The second kappa shape index (κ2) is 3.82. The monoisotopic (exact) mass is 226 g/mol. The number of alkyl halides is 1. The van der Waals surface area contributed by atoms with Crippen molar-refractivity contribution in [2.45, 2.75) is 24.4 Å². The molecule has 0 aromatic heterocycles. The van der Waals surface area contributed by atoms with Gasteiger partial charge in [-0.15, -0.1) is 0 Å². The second-order valence-electron chi connectivity index (χ2n) is 2.58. The molecule has 1 fully saturated rings. The first-order valence-corrected chi connectivity index (χ1v) is 4.50. The number of hydrogen-bond donors (Lipinski definition) is 3. The van der Waals surface area contributed by atoms with Gasteiger partial charge in [-0.25, -0.2) is 0 Å². The summed E-state index contributed by atoms with van der Waals surface area (Å²) >= 11 is 3.01. The lowest BCUT2D eigenvalue weighted by molar-refractivity contribution is -0.216. The van der Waals surface area contributed by atoms with E-state index in [1.165, 1.54) is 0 Å². The molecule has 0 aromatic carbocycles. The zero-order chi connectivity index (χ0) is 8.43. The average Bonchev–Trinajstić information content (AvgIpc) is 2.00. The van der Waals surface area contributed by atoms with Crippen LogP contribution in [-0.2, 0) is 4.74 Å². The third-order valence-corrected chi connectivity index (χ3v) is 2.39. The van der Waals surface area contributed by atoms with Gasteiger partial charge in [0.15, 0.2) is 0 Å². The van der Waals surface area contributed by atoms with Gasteiger partial charge >= 0.3 is 0 Å². The molecule has 0 spiro atoms. The molecule has 0 radical (unpaired) electrons. The smallest absolute Gasteiger partial charge is 0.114 e. The summed E-state index contributed by atoms with van der Waals surface area (Å²) in [6.07, 6.45) is -3.14. The number of ether oxygens (including phenoxy) is 1. The standard InChI is InChI=1S/C6H11BrO4/c7-1-3(8)5(10)6-4(9)2-11-6/h3-6,8-10H,1-2H2/t3-,4-,5-,6+/m1/s1. The number of aliphatic hydroxyl groups is 3. The van der Waals surface area contributed by atoms with Crippen molar-refractivity contribution in [1.29, 1.82) is 0 Å². The Morgan fingerprint density at radius 1 is 1.55 bits per heavy atom. The highest BCUT2D eigenvalue weighted by Gasteiger charge is 2.39. The van der Waals surface area contributed by atoms with Crippen LogP contribution in [0.1, 0.15) is 0 Å². The van der Waals surface area contributed by atoms with E-state index in [2.05, 4.69) is 15.9 Å². The Morgan fingerprint density at radius 2 is 2.18 bits per heavy atom. The lowest BCUT2D eigenvalue weighted by Gasteiger charge is -2.37. The predicted molar refractivity (Wildman–Crippen MR) is 41.6 cm³/mol. The number of halogens is 1. The molecule has 1 saturated heterocycles. The number of hydrogen-bond acceptors (Lipinski definition) is 4. The molecule has 1 rings (SSSR count). The first kappa shape index (κ1) is 9.41. The van der Waals surface area contributed by atoms with E-state index in [1.807, 2.05) is 0 Å². The van der Waals surface area contributed by atoms with Crippen LogP contribution in [0.3, 0.4) is 0 Å². The van der Waals surface area contributed by atoms with E-state index >= 15 is 0 Å². The molecular formula is C6H11BrO4. The summed E-state index contributed by atoms with van der Waals surface area (Å²) in [4.78, 5) is 0. The second-order valence-corrected chi connectivity index (χ2v) is 3.23. The van der Waals surface area contributed by atoms with Crippen molar-refractivity contribution in [1.82, 2.24) is 0 Å². The summed E-state index contributed by atoms with van der Waals surface area (Å²) in [6, 6.07) is 0. The molecule has 0 aliphatic carbocycles. The lowest BCUT2D eigenvalue weighted by Crippen LogP contribution is -2.56. The van der Waals surface area contributed by atoms with Crippen molar-refractivity contribution in [3.8, 4) is 0 Å². The van der Waals surface area contributed by atoms with Crippen LogP contribution in [0.2, 0.25) is 0 Å². The van der Waals surface area contributed by atoms with E-state index in [0.29, 0.717) is 0 Å². The van der Waals surface area contributed by atoms with Crippen molar-refractivity contribution < 1.29 is 20.1 Å². The minimum absolute atomic E-state index is 0.247. The molecule has 66 valence electrons. The average molecular weight is 227 g/mol. The fraction of sp³-hybridized carbons (Fsp3) is 1.00. The molecule has 4 atom stereocenters. The van der Waals surface area contributed by atoms with Gasteiger partial charge in [-0.1, -0.05) is 15.9 Å². The van der Waals surface area contributed by atoms with Crippen molar-refractivity contribution >= 4 is 15.9 Å². The van der Waals surface area contributed by atoms with Crippen LogP contribution < -0.4 is 0 Å². The Balaban J connectivity index is 2.34. The van der Waals surface area contributed by atoms with Crippen LogP contribution in [0, 0.1) is 0 Å². The van der Waals surface area contributed by atoms with Crippen LogP contribution in [0.4, 0.5) is 0 Å². The summed E-state index contributed by atoms with van der Waals surface area (Å²) in [5.41, 5.74) is 0. The molecule has 4 nitrogen and oxygen atoms in total. The Kier molecular flexibility index (Phi) is 3.27. The molecular weight excluding hydrogens is 216 g/mol. The molecule has 0 bridgehead atoms. The van der Waals surface area contributed by atoms with Gasteiger partial charge in [-0.05, 0) is 0 Å². The molecule has 5 heteroatoms. The minimum Gasteiger partial charge on any atom is -0.389 e. The molecule has 11 heavy (non-hydrogen) atoms. The van der Waals surface area contributed by atoms with Gasteiger partial charge in [-0.3, -0.25) is 0 Å². The number of rotatable bonds is 3. The fourth-order valence-corrected chi connectivity index (χ4v) is 1.31. The van der Waals surface area contributed by atoms with E-state index in [-0.39, 0.29) is 11.9 Å². The predicted octanol–water partition coefficient (Wildman–Crippen LogP) is -1.14. The highest BCUT2D eigenvalue weighted by Crippen LogP contribution is 2.18. The van der Waals surface area contributed by atoms with E-state index < -0.39 is 24.4 Å². The molecule has 1 heterocycles. The summed E-state index contributed by atoms with van der Waals surface area (Å²) in [6.45, 7) is 0.247. The van der Waals surface area contributed by atoms with E-state index in [1.54, 1.807) is 0 Å². The maximum atomic E-state index is 9.24. The number of aliphatic hydroxyl groups excluding tert-OH is 3. The first-order valence-electron chi connectivity index (χ1n) is 3.38. The van der Waals surface area contributed by atoms with Gasteiger partial charge in [-0.2, -0.15) is 0 Å². The van der Waals surface area contributed by atoms with Gasteiger partial charge in [0.1, 0.15) is 18.3 Å². The van der Waals surface area contributed by atoms with Crippen molar-refractivity contribution in [2.75, 3.05) is 11.9 Å². The lowest BCUT2D eigenvalue weighted by atomic mass is 10.0. The Bertz CT molecular complexity index is 132. The zero-order valence-electron chi connectivity index (χ0n) is 5.85. The summed E-state index contributed by atoms with van der Waals surface area (Å²) in [7, 11) is 0. The van der Waals surface area contributed by atoms with Crippen LogP contribution >= 0.6 is 15.9 Å². The topological polar surface area (TPSA) is 69.9 Å². The Labute approximate surface area is 72.9 Å². The van der Waals surface area contributed by atoms with Crippen molar-refractivity contribution in [3.05, 3.63) is 0 Å². The first-order chi connectivity index (χ1) is 5.16. The normalized spacial score (nSPS) is 36.0. The quantitative estimate of drug-likeness (QED) is 0.533. The fourth-order valence-electron chi connectivity index (χ4n) is 0.930. The zero-order valence-corrected chi connectivity index (χ0v) is 7.44. The summed E-state index contributed by atoms with van der Waals surface area (Å²) in [5, 5.41) is 27.6. The molecule has 3 N–H and O–H groups in total. The molecule has 1 aliphatic rings. The highest BCUT2D eigenvalue weighted by atomic mass is 79.9. The maximum Gasteiger partial charge on any atom is 0.114 e. The largest absolute Gasteiger partial charge is 0.389 e. The minimum atomic E-state index is -1.00. The third kappa shape index (κ3) is 1.91. The Morgan fingerprint density at radius 3 is 2.45 bits per heavy atom. The molecule has 0 unspecified atom stereocenters. The van der Waals surface area contributed by atoms with Crippen LogP contribution in [0.25, 0.3) is 0 Å². The SMILES string of the molecule is O[C@@H]([C@H]1OC[C@H]1O)[C@H](O)CBr. The van der Waals surface area contributed by atoms with Gasteiger partial charge in [0, 0.05) is 5.33 Å². The molecule has 0 amide bonds. The van der Waals surface area contributed by atoms with Gasteiger partial charge in [0.05, 0.1) is 12.7 Å². The van der Waals surface area contributed by atoms with Crippen LogP contribution in [0.15, 0.2) is 0 Å². The highest BCUT2D eigenvalue weighted by molar-refractivity contribution is 9.09. The summed E-state index contributed by atoms with van der Waals surface area (Å²) in [5.74, 6) is 0. The third-order valence-electron chi connectivity index (χ3n) is 1.73. The van der Waals surface area contributed by atoms with Crippen LogP contribution in [0.5, 0.6) is 0 Å². The van der Waals surface area contributed by atoms with Gasteiger partial charge in [0.25, 0.3) is 0 Å². The van der Waals surface area contributed by atoms with Crippen LogP contribution in [-0.4, -0.2) is 51.7 Å². The van der Waals surface area contributed by atoms with Gasteiger partial charge < -0.3 is 20.1 Å². The van der Waals surface area contributed by atoms with E-state index in [4.69, 9.17) is 14.9 Å². The molecule has 0 aromatic rings. The van der Waals surface area contributed by atoms with Crippen molar-refractivity contribution in [3.63, 3.8) is 0 Å². The van der Waals surface area contributed by atoms with Gasteiger partial charge in [0.2, 0.25) is 0 Å².